The molecule has 13 heteroatoms. The van der Waals surface area contributed by atoms with Crippen molar-refractivity contribution in [3.05, 3.63) is 40.5 Å². The average Bonchev–Trinajstić information content (AvgIpc) is 3.26. The van der Waals surface area contributed by atoms with Gasteiger partial charge in [0.05, 0.1) is 30.9 Å². The number of morpholine rings is 1. The zero-order valence-electron chi connectivity index (χ0n) is 20.4. The number of aromatic hydroxyl groups is 4. The Morgan fingerprint density at radius 3 is 2.29 bits per heavy atom. The van der Waals surface area contributed by atoms with Gasteiger partial charge in [-0.05, 0) is 12.1 Å². The second-order valence-corrected chi connectivity index (χ2v) is 9.51. The number of carbonyl (C=O) groups is 3. The molecule has 1 unspecified atom stereocenters. The maximum atomic E-state index is 13.1. The molecule has 202 valence electrons. The molecule has 2 saturated heterocycles. The van der Waals surface area contributed by atoms with E-state index in [2.05, 4.69) is 10.6 Å². The highest BCUT2D eigenvalue weighted by molar-refractivity contribution is 6.07. The standard InChI is InChI=1S/C25H28N4O9/c30-18-4-5-25(37,24(36)27-18)29-12-15-13(23(29)35)2-1-3-17(15)26-10-14-19(31)21(33)16(22(34)20(14)32)11-28-6-8-38-9-7-28/h1-3,26,31-34,37H,4-12H2,(H,27,30,36). The monoisotopic (exact) mass is 528 g/mol. The van der Waals surface area contributed by atoms with E-state index in [9.17, 15) is 39.9 Å². The molecule has 0 radical (unpaired) electrons. The van der Waals surface area contributed by atoms with Gasteiger partial charge in [-0.3, -0.25) is 29.5 Å². The van der Waals surface area contributed by atoms with E-state index in [4.69, 9.17) is 4.74 Å². The van der Waals surface area contributed by atoms with Gasteiger partial charge in [-0.25, -0.2) is 0 Å². The van der Waals surface area contributed by atoms with Crippen molar-refractivity contribution in [2.75, 3.05) is 31.6 Å². The number of ether oxygens (including phenoxy) is 1. The Morgan fingerprint density at radius 1 is 0.974 bits per heavy atom. The molecule has 2 fully saturated rings. The number of phenols is 4. The van der Waals surface area contributed by atoms with E-state index in [1.165, 1.54) is 6.07 Å². The van der Waals surface area contributed by atoms with Crippen LogP contribution >= 0.6 is 0 Å². The number of amides is 3. The number of carbonyl (C=O) groups excluding carboxylic acids is 3. The molecule has 3 heterocycles. The number of hydrogen-bond donors (Lipinski definition) is 7. The Hall–Kier alpha value is -4.07. The van der Waals surface area contributed by atoms with E-state index in [0.717, 1.165) is 4.90 Å². The number of rotatable bonds is 6. The molecule has 0 aliphatic carbocycles. The predicted octanol–water partition coefficient (Wildman–Crippen LogP) is 0.0343. The number of anilines is 1. The lowest BCUT2D eigenvalue weighted by Gasteiger charge is -2.37. The van der Waals surface area contributed by atoms with Gasteiger partial charge < -0.3 is 35.6 Å². The minimum atomic E-state index is -2.19. The SMILES string of the molecule is O=C1CCC(O)(N2Cc3c(NCc4c(O)c(O)c(CN5CCOCC5)c(O)c4O)cccc3C2=O)C(=O)N1. The minimum Gasteiger partial charge on any atom is -0.504 e. The van der Waals surface area contributed by atoms with Crippen molar-refractivity contribution in [1.82, 2.24) is 15.1 Å². The molecule has 7 N–H and O–H groups in total. The molecule has 5 rings (SSSR count). The van der Waals surface area contributed by atoms with Crippen LogP contribution in [0.3, 0.4) is 0 Å². The summed E-state index contributed by atoms with van der Waals surface area (Å²) in [6, 6.07) is 4.74. The third-order valence-electron chi connectivity index (χ3n) is 7.26. The number of aliphatic hydroxyl groups is 1. The molecule has 13 nitrogen and oxygen atoms in total. The molecule has 0 spiro atoms. The topological polar surface area (TPSA) is 192 Å². The molecule has 0 saturated carbocycles. The molecule has 0 aromatic heterocycles. The molecule has 38 heavy (non-hydrogen) atoms. The zero-order chi connectivity index (χ0) is 27.2. The van der Waals surface area contributed by atoms with E-state index >= 15 is 0 Å². The normalized spacial score (nSPS) is 21.9. The molecular formula is C25H28N4O9. The Balaban J connectivity index is 1.37. The summed E-state index contributed by atoms with van der Waals surface area (Å²) in [5.74, 6) is -4.40. The van der Waals surface area contributed by atoms with Gasteiger partial charge in [0.15, 0.2) is 23.0 Å². The molecule has 1 atom stereocenters. The summed E-state index contributed by atoms with van der Waals surface area (Å²) in [6.45, 7) is 1.83. The van der Waals surface area contributed by atoms with Crippen molar-refractivity contribution >= 4 is 23.4 Å². The molecule has 3 amide bonds. The van der Waals surface area contributed by atoms with E-state index in [0.29, 0.717) is 37.6 Å². The Kier molecular flexibility index (Phi) is 6.51. The lowest BCUT2D eigenvalue weighted by molar-refractivity contribution is -0.167. The van der Waals surface area contributed by atoms with Crippen molar-refractivity contribution in [2.45, 2.75) is 38.2 Å². The smallest absolute Gasteiger partial charge is 0.279 e. The van der Waals surface area contributed by atoms with Crippen molar-refractivity contribution in [3.63, 3.8) is 0 Å². The van der Waals surface area contributed by atoms with Crippen LogP contribution in [0, 0.1) is 0 Å². The number of nitrogens with one attached hydrogen (secondary N) is 2. The predicted molar refractivity (Wildman–Crippen MR) is 130 cm³/mol. The zero-order valence-corrected chi connectivity index (χ0v) is 20.4. The Morgan fingerprint density at radius 2 is 1.63 bits per heavy atom. The summed E-state index contributed by atoms with van der Waals surface area (Å²) in [4.78, 5) is 39.9. The summed E-state index contributed by atoms with van der Waals surface area (Å²) in [5.41, 5.74) is -1.27. The summed E-state index contributed by atoms with van der Waals surface area (Å²) in [7, 11) is 0. The van der Waals surface area contributed by atoms with Gasteiger partial charge in [0, 0.05) is 55.8 Å². The molecule has 3 aliphatic heterocycles. The maximum Gasteiger partial charge on any atom is 0.279 e. The molecule has 2 aromatic rings. The first-order valence-electron chi connectivity index (χ1n) is 12.1. The Labute approximate surface area is 216 Å². The number of benzene rings is 2. The maximum absolute atomic E-state index is 13.1. The van der Waals surface area contributed by atoms with Crippen molar-refractivity contribution in [1.29, 1.82) is 0 Å². The number of nitrogens with zero attached hydrogens (tertiary/aromatic N) is 2. The van der Waals surface area contributed by atoms with Gasteiger partial charge >= 0.3 is 0 Å². The quantitative estimate of drug-likeness (QED) is 0.152. The number of piperidine rings is 1. The van der Waals surface area contributed by atoms with Crippen molar-refractivity contribution < 1.29 is 44.7 Å². The van der Waals surface area contributed by atoms with E-state index < -0.39 is 46.4 Å². The van der Waals surface area contributed by atoms with Crippen LogP contribution in [0.4, 0.5) is 5.69 Å². The molecule has 2 aromatic carbocycles. The first kappa shape index (κ1) is 25.6. The Bertz CT molecular complexity index is 1300. The van der Waals surface area contributed by atoms with Crippen LogP contribution in [0.2, 0.25) is 0 Å². The molecular weight excluding hydrogens is 500 g/mol. The summed E-state index contributed by atoms with van der Waals surface area (Å²) in [6.07, 6.45) is -0.363. The van der Waals surface area contributed by atoms with Gasteiger partial charge in [-0.15, -0.1) is 0 Å². The summed E-state index contributed by atoms with van der Waals surface area (Å²) < 4.78 is 5.29. The van der Waals surface area contributed by atoms with Crippen molar-refractivity contribution in [2.24, 2.45) is 0 Å². The number of phenolic OH excluding ortho intramolecular Hbond substituents is 4. The van der Waals surface area contributed by atoms with Gasteiger partial charge in [0.25, 0.3) is 11.8 Å². The van der Waals surface area contributed by atoms with Crippen molar-refractivity contribution in [3.8, 4) is 23.0 Å². The fourth-order valence-corrected chi connectivity index (χ4v) is 5.03. The van der Waals surface area contributed by atoms with Crippen LogP contribution in [0.25, 0.3) is 0 Å². The van der Waals surface area contributed by atoms with Crippen LogP contribution in [-0.4, -0.2) is 85.1 Å². The van der Waals surface area contributed by atoms with Crippen LogP contribution < -0.4 is 10.6 Å². The number of hydrogen-bond acceptors (Lipinski definition) is 11. The van der Waals surface area contributed by atoms with E-state index in [1.807, 2.05) is 4.90 Å². The fourth-order valence-electron chi connectivity index (χ4n) is 5.03. The molecule has 0 bridgehead atoms. The van der Waals surface area contributed by atoms with Gasteiger partial charge in [-0.2, -0.15) is 0 Å². The lowest BCUT2D eigenvalue weighted by atomic mass is 10.00. The average molecular weight is 529 g/mol. The highest BCUT2D eigenvalue weighted by Gasteiger charge is 2.51. The largest absolute Gasteiger partial charge is 0.504 e. The van der Waals surface area contributed by atoms with Gasteiger partial charge in [0.2, 0.25) is 11.6 Å². The van der Waals surface area contributed by atoms with Crippen LogP contribution in [0.15, 0.2) is 18.2 Å². The van der Waals surface area contributed by atoms with Crippen LogP contribution in [-0.2, 0) is 34.0 Å². The highest BCUT2D eigenvalue weighted by atomic mass is 16.5. The second kappa shape index (κ2) is 9.67. The highest BCUT2D eigenvalue weighted by Crippen LogP contribution is 2.47. The van der Waals surface area contributed by atoms with E-state index in [1.54, 1.807) is 12.1 Å². The molecule has 3 aliphatic rings. The lowest BCUT2D eigenvalue weighted by Crippen LogP contribution is -2.63. The third kappa shape index (κ3) is 4.23. The van der Waals surface area contributed by atoms with Crippen LogP contribution in [0.5, 0.6) is 23.0 Å². The number of imide groups is 1. The third-order valence-corrected chi connectivity index (χ3v) is 7.26. The summed E-state index contributed by atoms with van der Waals surface area (Å²) in [5, 5.41) is 58.5. The summed E-state index contributed by atoms with van der Waals surface area (Å²) >= 11 is 0. The fraction of sp³-hybridized carbons (Fsp3) is 0.400. The second-order valence-electron chi connectivity index (χ2n) is 9.51. The van der Waals surface area contributed by atoms with Gasteiger partial charge in [-0.1, -0.05) is 6.07 Å². The van der Waals surface area contributed by atoms with E-state index in [-0.39, 0.29) is 49.2 Å². The minimum absolute atomic E-state index is 0.00928. The first-order chi connectivity index (χ1) is 18.1. The van der Waals surface area contributed by atoms with Gasteiger partial charge in [0.1, 0.15) is 0 Å². The first-order valence-corrected chi connectivity index (χ1v) is 12.1. The number of fused-ring (bicyclic) bond motifs is 1. The van der Waals surface area contributed by atoms with Crippen LogP contribution in [0.1, 0.15) is 39.9 Å².